The van der Waals surface area contributed by atoms with Crippen LogP contribution >= 0.6 is 0 Å². The van der Waals surface area contributed by atoms with E-state index in [1.54, 1.807) is 5.57 Å². The molecule has 0 aromatic heterocycles. The van der Waals surface area contributed by atoms with Crippen molar-refractivity contribution in [3.05, 3.63) is 71.8 Å². The number of ketones is 1. The van der Waals surface area contributed by atoms with Gasteiger partial charge in [0.2, 0.25) is 0 Å². The van der Waals surface area contributed by atoms with E-state index >= 15 is 0 Å². The minimum atomic E-state index is 0.158. The molecule has 1 N–H and O–H groups in total. The summed E-state index contributed by atoms with van der Waals surface area (Å²) in [5, 5.41) is 17.8. The molecule has 0 aliphatic heterocycles. The summed E-state index contributed by atoms with van der Waals surface area (Å²) in [6.07, 6.45) is 13.6. The highest BCUT2D eigenvalue weighted by Crippen LogP contribution is 2.66. The van der Waals surface area contributed by atoms with Gasteiger partial charge in [-0.3, -0.25) is 4.79 Å². The molecule has 41 heavy (non-hydrogen) atoms. The third-order valence-corrected chi connectivity index (χ3v) is 13.1. The number of rotatable bonds is 5. The van der Waals surface area contributed by atoms with Crippen LogP contribution in [-0.2, 0) is 11.2 Å². The number of aliphatic hydroxyl groups excluding tert-OH is 1. The average molecular weight is 545 g/mol. The van der Waals surface area contributed by atoms with Crippen LogP contribution in [0.3, 0.4) is 0 Å². The Kier molecular flexibility index (Phi) is 5.95. The maximum atomic E-state index is 14.0. The smallest absolute Gasteiger partial charge is 0.136 e. The third-order valence-electron chi connectivity index (χ3n) is 13.1. The largest absolute Gasteiger partial charge is 0.396 e. The number of fused-ring (bicyclic) bond motifs is 5. The number of hydrogen-bond donors (Lipinski definition) is 1. The minimum Gasteiger partial charge on any atom is -0.396 e. The van der Waals surface area contributed by atoms with Crippen LogP contribution in [-0.4, -0.2) is 17.5 Å². The number of aliphatic hydroxyl groups is 1. The molecule has 2 heteroatoms. The predicted octanol–water partition coefficient (Wildman–Crippen LogP) is 9.27. The first-order valence-electron chi connectivity index (χ1n) is 16.4. The van der Waals surface area contributed by atoms with Crippen LogP contribution in [0.2, 0.25) is 0 Å². The van der Waals surface area contributed by atoms with Gasteiger partial charge in [0.15, 0.2) is 0 Å². The highest BCUT2D eigenvalue weighted by Gasteiger charge is 2.59. The topological polar surface area (TPSA) is 37.3 Å². The lowest BCUT2D eigenvalue weighted by Crippen LogP contribution is -2.50. The van der Waals surface area contributed by atoms with Crippen molar-refractivity contribution in [1.29, 1.82) is 0 Å². The van der Waals surface area contributed by atoms with Crippen LogP contribution in [0, 0.1) is 40.4 Å². The van der Waals surface area contributed by atoms with Gasteiger partial charge >= 0.3 is 0 Å². The first-order valence-corrected chi connectivity index (χ1v) is 16.4. The second kappa shape index (κ2) is 9.40. The monoisotopic (exact) mass is 544 g/mol. The lowest BCUT2D eigenvalue weighted by Gasteiger charge is -2.58. The lowest BCUT2D eigenvalue weighted by atomic mass is 9.47. The Hall–Kier alpha value is -2.71. The predicted molar refractivity (Wildman–Crippen MR) is 169 cm³/mol. The number of carbonyl (C=O) groups excluding carboxylic acids is 1. The summed E-state index contributed by atoms with van der Waals surface area (Å²) in [5.41, 5.74) is 3.44. The van der Waals surface area contributed by atoms with Gasteiger partial charge in [-0.1, -0.05) is 80.1 Å². The first kappa shape index (κ1) is 26.0. The van der Waals surface area contributed by atoms with Crippen molar-refractivity contribution in [3.8, 4) is 0 Å². The van der Waals surface area contributed by atoms with Crippen LogP contribution in [0.1, 0.15) is 77.2 Å². The van der Waals surface area contributed by atoms with E-state index in [9.17, 15) is 9.90 Å². The molecule has 4 aliphatic rings. The van der Waals surface area contributed by atoms with Gasteiger partial charge in [-0.2, -0.15) is 0 Å². The van der Waals surface area contributed by atoms with Gasteiger partial charge in [-0.15, -0.1) is 0 Å². The number of hydrogen-bond acceptors (Lipinski definition) is 2. The molecule has 0 bridgehead atoms. The Bertz CT molecular complexity index is 1660. The molecular formula is C39H44O2. The zero-order chi connectivity index (χ0) is 27.9. The molecule has 2 nitrogen and oxygen atoms in total. The Balaban J connectivity index is 1.03. The Morgan fingerprint density at radius 2 is 1.61 bits per heavy atom. The fourth-order valence-electron chi connectivity index (χ4n) is 10.9. The summed E-state index contributed by atoms with van der Waals surface area (Å²) in [7, 11) is 0. The summed E-state index contributed by atoms with van der Waals surface area (Å²) in [5.74, 6) is 3.35. The zero-order valence-electron chi connectivity index (χ0n) is 24.8. The standard InChI is InChI=1S/C39H44O2/c1-38-20-18-24(23-40)22-29(38)12-14-31-32-15-16-34(39(32,2)21-19-33(31)38)35(41)17-11-25-6-7-28-9-8-26-4-3-5-27-10-13-30(25)37(28)36(26)27/h3-10,12-13,24,31-34,40H,11,14-23H2,1-2H3. The first-order chi connectivity index (χ1) is 19.9. The fourth-order valence-corrected chi connectivity index (χ4v) is 10.9. The van der Waals surface area contributed by atoms with Crippen molar-refractivity contribution in [3.63, 3.8) is 0 Å². The highest BCUT2D eigenvalue weighted by atomic mass is 16.3. The maximum Gasteiger partial charge on any atom is 0.136 e. The number of benzene rings is 4. The number of carbonyl (C=O) groups is 1. The Morgan fingerprint density at radius 3 is 2.41 bits per heavy atom. The van der Waals surface area contributed by atoms with Crippen molar-refractivity contribution >= 4 is 38.1 Å². The normalized spacial score (nSPS) is 34.9. The molecule has 0 amide bonds. The molecule has 8 rings (SSSR count). The number of allylic oxidation sites excluding steroid dienone is 2. The molecule has 4 aromatic rings. The van der Waals surface area contributed by atoms with Gasteiger partial charge in [0.1, 0.15) is 5.78 Å². The molecule has 212 valence electrons. The average Bonchev–Trinajstić information content (AvgIpc) is 3.36. The summed E-state index contributed by atoms with van der Waals surface area (Å²) in [6.45, 7) is 5.37. The molecule has 4 aliphatic carbocycles. The zero-order valence-corrected chi connectivity index (χ0v) is 24.8. The van der Waals surface area contributed by atoms with Gasteiger partial charge in [-0.05, 0) is 130 Å². The second-order valence-corrected chi connectivity index (χ2v) is 14.8. The summed E-state index contributed by atoms with van der Waals surface area (Å²) < 4.78 is 0. The van der Waals surface area contributed by atoms with E-state index in [1.807, 2.05) is 0 Å². The van der Waals surface area contributed by atoms with Gasteiger partial charge in [0, 0.05) is 18.9 Å². The van der Waals surface area contributed by atoms with Crippen molar-refractivity contribution < 1.29 is 9.90 Å². The molecule has 0 heterocycles. The molecule has 3 fully saturated rings. The SMILES string of the molecule is CC12CCC(CO)CC1=CCC1C2CCC2(C)C(C(=O)CCc3ccc4ccc5cccc6ccc3c4c56)CCC12. The summed E-state index contributed by atoms with van der Waals surface area (Å²) in [4.78, 5) is 14.0. The van der Waals surface area contributed by atoms with Crippen LogP contribution in [0.5, 0.6) is 0 Å². The quantitative estimate of drug-likeness (QED) is 0.201. The van der Waals surface area contributed by atoms with Crippen molar-refractivity contribution in [2.45, 2.75) is 78.1 Å². The Labute approximate surface area is 244 Å². The van der Waals surface area contributed by atoms with Crippen molar-refractivity contribution in [1.82, 2.24) is 0 Å². The van der Waals surface area contributed by atoms with E-state index in [0.29, 0.717) is 36.1 Å². The van der Waals surface area contributed by atoms with Crippen LogP contribution in [0.15, 0.2) is 66.2 Å². The number of Topliss-reactive ketones (excluding diaryl/α,β-unsaturated/α-hetero) is 1. The van der Waals surface area contributed by atoms with Gasteiger partial charge in [-0.25, -0.2) is 0 Å². The van der Waals surface area contributed by atoms with Crippen molar-refractivity contribution in [2.24, 2.45) is 40.4 Å². The van der Waals surface area contributed by atoms with E-state index < -0.39 is 0 Å². The Morgan fingerprint density at radius 1 is 0.854 bits per heavy atom. The molecule has 7 atom stereocenters. The minimum absolute atomic E-state index is 0.158. The maximum absolute atomic E-state index is 14.0. The molecule has 3 saturated carbocycles. The molecule has 0 saturated heterocycles. The van der Waals surface area contributed by atoms with Crippen LogP contribution in [0.25, 0.3) is 32.3 Å². The van der Waals surface area contributed by atoms with E-state index in [2.05, 4.69) is 74.5 Å². The number of aryl methyl sites for hydroxylation is 1. The summed E-state index contributed by atoms with van der Waals surface area (Å²) >= 11 is 0. The van der Waals surface area contributed by atoms with Crippen molar-refractivity contribution in [2.75, 3.05) is 6.61 Å². The van der Waals surface area contributed by atoms with E-state index in [-0.39, 0.29) is 11.3 Å². The van der Waals surface area contributed by atoms with Gasteiger partial charge in [0.05, 0.1) is 0 Å². The van der Waals surface area contributed by atoms with Gasteiger partial charge < -0.3 is 5.11 Å². The molecule has 4 aromatic carbocycles. The van der Waals surface area contributed by atoms with E-state index in [0.717, 1.165) is 31.1 Å². The van der Waals surface area contributed by atoms with Gasteiger partial charge in [0.25, 0.3) is 0 Å². The van der Waals surface area contributed by atoms with E-state index in [1.165, 1.54) is 76.4 Å². The highest BCUT2D eigenvalue weighted by molar-refractivity contribution is 6.23. The molecule has 0 spiro atoms. The fraction of sp³-hybridized carbons (Fsp3) is 0.513. The van der Waals surface area contributed by atoms with Crippen LogP contribution < -0.4 is 0 Å². The van der Waals surface area contributed by atoms with E-state index in [4.69, 9.17) is 0 Å². The molecule has 0 radical (unpaired) electrons. The lowest BCUT2D eigenvalue weighted by molar-refractivity contribution is -0.129. The molecular weight excluding hydrogens is 500 g/mol. The van der Waals surface area contributed by atoms with Crippen LogP contribution in [0.4, 0.5) is 0 Å². The summed E-state index contributed by atoms with van der Waals surface area (Å²) in [6, 6.07) is 20.2. The second-order valence-electron chi connectivity index (χ2n) is 14.8. The third kappa shape index (κ3) is 3.75. The molecule has 7 unspecified atom stereocenters.